The van der Waals surface area contributed by atoms with Crippen LogP contribution >= 0.6 is 11.6 Å². The van der Waals surface area contributed by atoms with Gasteiger partial charge in [-0.15, -0.1) is 0 Å². The Labute approximate surface area is 181 Å². The number of halogens is 1. The van der Waals surface area contributed by atoms with Crippen LogP contribution in [0.1, 0.15) is 15.9 Å². The zero-order valence-electron chi connectivity index (χ0n) is 16.5. The number of fused-ring (bicyclic) bond motifs is 1. The average Bonchev–Trinajstić information content (AvgIpc) is 3.04. The highest BCUT2D eigenvalue weighted by Gasteiger charge is 2.19. The SMILES string of the molecule is C=S1(=O)C=Cc2ccc(NC(=O)c3cc(Cl)ccc3OCCN3CCNCC3)cc21. The van der Waals surface area contributed by atoms with Crippen LogP contribution in [0.3, 0.4) is 0 Å². The highest BCUT2D eigenvalue weighted by Crippen LogP contribution is 2.30. The zero-order chi connectivity index (χ0) is 21.1. The molecule has 4 rings (SSSR count). The molecule has 8 heteroatoms. The van der Waals surface area contributed by atoms with Gasteiger partial charge in [-0.25, -0.2) is 0 Å². The molecule has 2 aromatic rings. The van der Waals surface area contributed by atoms with Gasteiger partial charge in [0.05, 0.1) is 5.56 Å². The summed E-state index contributed by atoms with van der Waals surface area (Å²) < 4.78 is 18.4. The predicted molar refractivity (Wildman–Crippen MR) is 123 cm³/mol. The van der Waals surface area contributed by atoms with Crippen LogP contribution in [-0.2, 0) is 9.52 Å². The minimum absolute atomic E-state index is 0.337. The molecule has 1 unspecified atom stereocenters. The molecule has 6 nitrogen and oxygen atoms in total. The molecule has 2 N–H and O–H groups in total. The number of nitrogens with one attached hydrogen (secondary N) is 2. The van der Waals surface area contributed by atoms with Crippen molar-refractivity contribution in [1.29, 1.82) is 0 Å². The number of carbonyl (C=O) groups excluding carboxylic acids is 1. The summed E-state index contributed by atoms with van der Waals surface area (Å²) in [5.74, 6) is 3.92. The van der Waals surface area contributed by atoms with Crippen LogP contribution in [0.2, 0.25) is 5.02 Å². The third-order valence-electron chi connectivity index (χ3n) is 5.17. The smallest absolute Gasteiger partial charge is 0.259 e. The van der Waals surface area contributed by atoms with Gasteiger partial charge in [0.25, 0.3) is 5.91 Å². The number of amides is 1. The lowest BCUT2D eigenvalue weighted by Crippen LogP contribution is -2.44. The van der Waals surface area contributed by atoms with Gasteiger partial charge in [0.2, 0.25) is 0 Å². The predicted octanol–water partition coefficient (Wildman–Crippen LogP) is 2.94. The molecule has 2 aromatic carbocycles. The topological polar surface area (TPSA) is 70.7 Å². The molecule has 0 aliphatic carbocycles. The normalized spacial score (nSPS) is 20.7. The molecule has 0 spiro atoms. The van der Waals surface area contributed by atoms with Gasteiger partial charge in [-0.1, -0.05) is 17.7 Å². The lowest BCUT2D eigenvalue weighted by molar-refractivity contribution is 0.102. The number of anilines is 1. The standard InChI is InChI=1S/C22H24ClN3O3S/c1-30(28)13-6-16-2-4-18(15-21(16)30)25-22(27)19-14-17(23)3-5-20(19)29-12-11-26-9-7-24-8-10-26/h2-6,13-15,24H,1,7-12H2,(H,25,27). The summed E-state index contributed by atoms with van der Waals surface area (Å²) in [6.07, 6.45) is 1.79. The maximum atomic E-state index is 12.9. The molecular formula is C22H24ClN3O3S. The molecule has 1 fully saturated rings. The van der Waals surface area contributed by atoms with E-state index in [0.29, 0.717) is 33.5 Å². The van der Waals surface area contributed by atoms with Gasteiger partial charge in [-0.2, -0.15) is 0 Å². The Kier molecular flexibility index (Phi) is 6.15. The minimum atomic E-state index is -2.45. The van der Waals surface area contributed by atoms with Crippen molar-refractivity contribution >= 4 is 44.7 Å². The van der Waals surface area contributed by atoms with Crippen molar-refractivity contribution in [1.82, 2.24) is 10.2 Å². The van der Waals surface area contributed by atoms with Crippen molar-refractivity contribution in [3.8, 4) is 5.75 Å². The van der Waals surface area contributed by atoms with Crippen molar-refractivity contribution in [3.63, 3.8) is 0 Å². The third-order valence-corrected chi connectivity index (χ3v) is 7.08. The number of nitrogens with zero attached hydrogens (tertiary/aromatic N) is 1. The van der Waals surface area contributed by atoms with Gasteiger partial charge < -0.3 is 15.4 Å². The van der Waals surface area contributed by atoms with Gasteiger partial charge in [-0.3, -0.25) is 13.9 Å². The molecule has 1 amide bonds. The summed E-state index contributed by atoms with van der Waals surface area (Å²) >= 11 is 6.13. The van der Waals surface area contributed by atoms with Crippen LogP contribution in [0.5, 0.6) is 5.75 Å². The zero-order valence-corrected chi connectivity index (χ0v) is 18.1. The molecular weight excluding hydrogens is 422 g/mol. The molecule has 0 aromatic heterocycles. The maximum Gasteiger partial charge on any atom is 0.259 e. The van der Waals surface area contributed by atoms with E-state index in [1.165, 1.54) is 0 Å². The molecule has 30 heavy (non-hydrogen) atoms. The summed E-state index contributed by atoms with van der Waals surface area (Å²) in [6.45, 7) is 5.20. The van der Waals surface area contributed by atoms with E-state index >= 15 is 0 Å². The van der Waals surface area contributed by atoms with E-state index in [0.717, 1.165) is 38.3 Å². The fourth-order valence-electron chi connectivity index (χ4n) is 3.53. The second-order valence-electron chi connectivity index (χ2n) is 7.32. The highest BCUT2D eigenvalue weighted by molar-refractivity contribution is 8.03. The summed E-state index contributed by atoms with van der Waals surface area (Å²) in [5.41, 5.74) is 1.76. The van der Waals surface area contributed by atoms with E-state index in [2.05, 4.69) is 21.4 Å². The molecule has 2 aliphatic heterocycles. The van der Waals surface area contributed by atoms with Crippen molar-refractivity contribution in [2.45, 2.75) is 4.90 Å². The minimum Gasteiger partial charge on any atom is -0.491 e. The third kappa shape index (κ3) is 4.70. The van der Waals surface area contributed by atoms with E-state index in [9.17, 15) is 9.00 Å². The average molecular weight is 446 g/mol. The van der Waals surface area contributed by atoms with Crippen molar-refractivity contribution in [2.75, 3.05) is 44.6 Å². The van der Waals surface area contributed by atoms with Crippen molar-refractivity contribution < 1.29 is 13.7 Å². The van der Waals surface area contributed by atoms with E-state index in [-0.39, 0.29) is 5.91 Å². The van der Waals surface area contributed by atoms with E-state index in [1.54, 1.807) is 41.8 Å². The van der Waals surface area contributed by atoms with Crippen LogP contribution in [0, 0.1) is 0 Å². The van der Waals surface area contributed by atoms with Gasteiger partial charge in [0.15, 0.2) is 0 Å². The fourth-order valence-corrected chi connectivity index (χ4v) is 5.08. The van der Waals surface area contributed by atoms with Gasteiger partial charge in [0, 0.05) is 57.9 Å². The summed E-state index contributed by atoms with van der Waals surface area (Å²) in [7, 11) is -2.45. The first-order valence-electron chi connectivity index (χ1n) is 9.78. The Bertz CT molecular complexity index is 1090. The van der Waals surface area contributed by atoms with Gasteiger partial charge in [0.1, 0.15) is 12.4 Å². The molecule has 1 atom stereocenters. The Morgan fingerprint density at radius 3 is 2.83 bits per heavy atom. The summed E-state index contributed by atoms with van der Waals surface area (Å²) in [4.78, 5) is 15.9. The molecule has 1 saturated heterocycles. The first-order valence-corrected chi connectivity index (χ1v) is 12.0. The first kappa shape index (κ1) is 20.9. The second-order valence-corrected chi connectivity index (χ2v) is 9.92. The molecule has 0 bridgehead atoms. The molecule has 0 radical (unpaired) electrons. The summed E-state index contributed by atoms with van der Waals surface area (Å²) in [5, 5.41) is 8.23. The lowest BCUT2D eigenvalue weighted by Gasteiger charge is -2.27. The van der Waals surface area contributed by atoms with Crippen LogP contribution in [0.25, 0.3) is 6.08 Å². The Morgan fingerprint density at radius 2 is 2.03 bits per heavy atom. The second kappa shape index (κ2) is 8.81. The number of carbonyl (C=O) groups is 1. The number of ether oxygens (including phenoxy) is 1. The van der Waals surface area contributed by atoms with Gasteiger partial charge >= 0.3 is 0 Å². The van der Waals surface area contributed by atoms with Crippen LogP contribution < -0.4 is 15.4 Å². The number of hydrogen-bond donors (Lipinski definition) is 2. The van der Waals surface area contributed by atoms with E-state index in [4.69, 9.17) is 16.3 Å². The Morgan fingerprint density at radius 1 is 1.23 bits per heavy atom. The number of hydrogen-bond acceptors (Lipinski definition) is 5. The molecule has 2 aliphatic rings. The fraction of sp³-hybridized carbons (Fsp3) is 0.273. The molecule has 0 saturated carbocycles. The number of rotatable bonds is 6. The van der Waals surface area contributed by atoms with E-state index in [1.807, 2.05) is 6.07 Å². The largest absolute Gasteiger partial charge is 0.491 e. The molecule has 158 valence electrons. The maximum absolute atomic E-state index is 12.9. The lowest BCUT2D eigenvalue weighted by atomic mass is 10.1. The van der Waals surface area contributed by atoms with Crippen molar-refractivity contribution in [3.05, 3.63) is 58.0 Å². The van der Waals surface area contributed by atoms with Crippen molar-refractivity contribution in [2.24, 2.45) is 0 Å². The Hall–Kier alpha value is -2.32. The first-order chi connectivity index (χ1) is 14.4. The summed E-state index contributed by atoms with van der Waals surface area (Å²) in [6, 6.07) is 10.3. The Balaban J connectivity index is 1.46. The number of benzene rings is 2. The highest BCUT2D eigenvalue weighted by atomic mass is 35.5. The number of piperazine rings is 1. The van der Waals surface area contributed by atoms with Crippen LogP contribution in [0.15, 0.2) is 46.7 Å². The quantitative estimate of drug-likeness (QED) is 0.669. The van der Waals surface area contributed by atoms with Crippen LogP contribution in [-0.4, -0.2) is 60.2 Å². The van der Waals surface area contributed by atoms with Crippen LogP contribution in [0.4, 0.5) is 5.69 Å². The van der Waals surface area contributed by atoms with Gasteiger partial charge in [-0.05, 0) is 53.2 Å². The monoisotopic (exact) mass is 445 g/mol. The van der Waals surface area contributed by atoms with E-state index < -0.39 is 9.52 Å². The molecule has 2 heterocycles.